The fraction of sp³-hybridized carbons (Fsp3) is 0.190. The molecular formula is C21H18FN3O3. The number of rotatable bonds is 3. The average Bonchev–Trinajstić information content (AvgIpc) is 3.18. The zero-order chi connectivity index (χ0) is 20.0. The van der Waals surface area contributed by atoms with Crippen LogP contribution in [0.4, 0.5) is 10.1 Å². The molecule has 28 heavy (non-hydrogen) atoms. The molecule has 1 amide bonds. The summed E-state index contributed by atoms with van der Waals surface area (Å²) in [4.78, 5) is 17.5. The molecule has 0 aliphatic rings. The third-order valence-electron chi connectivity index (χ3n) is 4.55. The fourth-order valence-corrected chi connectivity index (χ4v) is 3.21. The second kappa shape index (κ2) is 6.60. The Morgan fingerprint density at radius 1 is 1.11 bits per heavy atom. The van der Waals surface area contributed by atoms with Crippen molar-refractivity contribution in [2.24, 2.45) is 0 Å². The van der Waals surface area contributed by atoms with Gasteiger partial charge in [0.05, 0.1) is 28.0 Å². The van der Waals surface area contributed by atoms with Crippen molar-refractivity contribution in [3.05, 3.63) is 64.5 Å². The number of nitrogens with zero attached hydrogens (tertiary/aromatic N) is 2. The summed E-state index contributed by atoms with van der Waals surface area (Å²) in [6.07, 6.45) is 0. The van der Waals surface area contributed by atoms with Crippen molar-refractivity contribution in [1.29, 1.82) is 0 Å². The van der Waals surface area contributed by atoms with Crippen LogP contribution in [-0.2, 0) is 0 Å². The number of amides is 1. The Morgan fingerprint density at radius 2 is 1.89 bits per heavy atom. The van der Waals surface area contributed by atoms with Crippen molar-refractivity contribution in [2.75, 3.05) is 5.32 Å². The summed E-state index contributed by atoms with van der Waals surface area (Å²) in [6.45, 7) is 7.16. The number of halogens is 1. The van der Waals surface area contributed by atoms with Gasteiger partial charge in [0.15, 0.2) is 0 Å². The van der Waals surface area contributed by atoms with E-state index in [1.807, 2.05) is 19.9 Å². The molecule has 4 rings (SSSR count). The van der Waals surface area contributed by atoms with E-state index in [9.17, 15) is 9.18 Å². The van der Waals surface area contributed by atoms with Crippen molar-refractivity contribution < 1.29 is 18.1 Å². The Kier molecular flexibility index (Phi) is 4.22. The number of aryl methyl sites for hydroxylation is 4. The van der Waals surface area contributed by atoms with Crippen molar-refractivity contribution in [2.45, 2.75) is 27.7 Å². The normalized spacial score (nSPS) is 11.2. The van der Waals surface area contributed by atoms with Crippen molar-refractivity contribution in [3.8, 4) is 11.3 Å². The van der Waals surface area contributed by atoms with Gasteiger partial charge in [-0.1, -0.05) is 11.2 Å². The number of hydrogen-bond donors (Lipinski definition) is 1. The Labute approximate surface area is 160 Å². The first kappa shape index (κ1) is 17.9. The van der Waals surface area contributed by atoms with Crippen LogP contribution >= 0.6 is 0 Å². The van der Waals surface area contributed by atoms with Crippen LogP contribution in [-0.4, -0.2) is 16.0 Å². The van der Waals surface area contributed by atoms with Crippen LogP contribution in [0.25, 0.3) is 22.4 Å². The van der Waals surface area contributed by atoms with Gasteiger partial charge in [-0.25, -0.2) is 9.37 Å². The highest BCUT2D eigenvalue weighted by atomic mass is 19.1. The van der Waals surface area contributed by atoms with Crippen LogP contribution in [0.1, 0.15) is 33.1 Å². The van der Waals surface area contributed by atoms with Crippen LogP contribution in [0, 0.1) is 33.5 Å². The quantitative estimate of drug-likeness (QED) is 0.535. The monoisotopic (exact) mass is 379 g/mol. The van der Waals surface area contributed by atoms with E-state index in [1.54, 1.807) is 26.0 Å². The van der Waals surface area contributed by atoms with E-state index in [2.05, 4.69) is 15.5 Å². The van der Waals surface area contributed by atoms with Gasteiger partial charge in [0.25, 0.3) is 11.6 Å². The van der Waals surface area contributed by atoms with E-state index in [0.29, 0.717) is 28.1 Å². The molecule has 0 fully saturated rings. The Bertz CT molecular complexity index is 1220. The highest BCUT2D eigenvalue weighted by Crippen LogP contribution is 2.31. The lowest BCUT2D eigenvalue weighted by atomic mass is 10.1. The number of carbonyl (C=O) groups excluding carboxylic acids is 1. The number of hydrogen-bond acceptors (Lipinski definition) is 5. The summed E-state index contributed by atoms with van der Waals surface area (Å²) in [5.74, 6) is 0.440. The summed E-state index contributed by atoms with van der Waals surface area (Å²) in [7, 11) is 0. The van der Waals surface area contributed by atoms with Crippen LogP contribution in [0.3, 0.4) is 0 Å². The van der Waals surface area contributed by atoms with Gasteiger partial charge in [-0.2, -0.15) is 0 Å². The van der Waals surface area contributed by atoms with Gasteiger partial charge in [0.1, 0.15) is 17.3 Å². The third-order valence-corrected chi connectivity index (χ3v) is 4.55. The van der Waals surface area contributed by atoms with Gasteiger partial charge in [0, 0.05) is 5.56 Å². The molecule has 0 saturated carbocycles. The summed E-state index contributed by atoms with van der Waals surface area (Å²) >= 11 is 0. The van der Waals surface area contributed by atoms with E-state index in [0.717, 1.165) is 16.9 Å². The van der Waals surface area contributed by atoms with E-state index < -0.39 is 11.7 Å². The van der Waals surface area contributed by atoms with Crippen molar-refractivity contribution in [1.82, 2.24) is 10.1 Å². The molecule has 1 aromatic carbocycles. The lowest BCUT2D eigenvalue weighted by Gasteiger charge is -2.09. The number of carbonyl (C=O) groups is 1. The first-order valence-corrected chi connectivity index (χ1v) is 8.75. The van der Waals surface area contributed by atoms with Crippen molar-refractivity contribution in [3.63, 3.8) is 0 Å². The lowest BCUT2D eigenvalue weighted by Crippen LogP contribution is -2.14. The zero-order valence-electron chi connectivity index (χ0n) is 15.9. The van der Waals surface area contributed by atoms with Gasteiger partial charge in [0.2, 0.25) is 0 Å². The minimum Gasteiger partial charge on any atom is -0.466 e. The van der Waals surface area contributed by atoms with Crippen LogP contribution in [0.2, 0.25) is 0 Å². The molecule has 0 atom stereocenters. The molecular weight excluding hydrogens is 361 g/mol. The van der Waals surface area contributed by atoms with Crippen LogP contribution < -0.4 is 5.32 Å². The fourth-order valence-electron chi connectivity index (χ4n) is 3.21. The largest absolute Gasteiger partial charge is 0.466 e. The van der Waals surface area contributed by atoms with Gasteiger partial charge < -0.3 is 14.3 Å². The molecule has 6 nitrogen and oxygen atoms in total. The number of fused-ring (bicyclic) bond motifs is 1. The maximum absolute atomic E-state index is 14.2. The molecule has 3 heterocycles. The van der Waals surface area contributed by atoms with E-state index in [1.165, 1.54) is 12.1 Å². The Hall–Kier alpha value is -3.48. The molecule has 7 heteroatoms. The molecule has 0 spiro atoms. The summed E-state index contributed by atoms with van der Waals surface area (Å²) in [6, 6.07) is 8.12. The lowest BCUT2D eigenvalue weighted by molar-refractivity contribution is 0.102. The Morgan fingerprint density at radius 3 is 2.57 bits per heavy atom. The molecule has 0 saturated heterocycles. The molecule has 0 radical (unpaired) electrons. The standard InChI is InChI=1S/C21H18FN3O3/c1-10-5-6-17(16(22)7-10)23-20(26)15-9-18(14-8-11(2)27-13(14)4)24-21-19(15)12(3)25-28-21/h5-9H,1-4H3,(H,23,26). The van der Waals surface area contributed by atoms with Gasteiger partial charge in [-0.3, -0.25) is 4.79 Å². The number of pyridine rings is 1. The number of benzene rings is 1. The summed E-state index contributed by atoms with van der Waals surface area (Å²) in [5, 5.41) is 7.04. The zero-order valence-corrected chi connectivity index (χ0v) is 15.9. The molecule has 4 aromatic rings. The highest BCUT2D eigenvalue weighted by Gasteiger charge is 2.21. The van der Waals surface area contributed by atoms with Gasteiger partial charge in [-0.15, -0.1) is 0 Å². The summed E-state index contributed by atoms with van der Waals surface area (Å²) in [5.41, 5.74) is 3.22. The first-order chi connectivity index (χ1) is 13.3. The predicted octanol–water partition coefficient (Wildman–Crippen LogP) is 5.11. The van der Waals surface area contributed by atoms with E-state index >= 15 is 0 Å². The first-order valence-electron chi connectivity index (χ1n) is 8.75. The minimum atomic E-state index is -0.498. The summed E-state index contributed by atoms with van der Waals surface area (Å²) < 4.78 is 25.1. The van der Waals surface area contributed by atoms with Gasteiger partial charge in [-0.05, 0) is 57.5 Å². The molecule has 1 N–H and O–H groups in total. The van der Waals surface area contributed by atoms with Crippen molar-refractivity contribution >= 4 is 22.7 Å². The molecule has 0 aliphatic heterocycles. The molecule has 0 bridgehead atoms. The predicted molar refractivity (Wildman–Crippen MR) is 103 cm³/mol. The minimum absolute atomic E-state index is 0.103. The topological polar surface area (TPSA) is 81.2 Å². The molecule has 0 unspecified atom stereocenters. The highest BCUT2D eigenvalue weighted by molar-refractivity contribution is 6.13. The number of aromatic nitrogens is 2. The van der Waals surface area contributed by atoms with Crippen LogP contribution in [0.15, 0.2) is 39.3 Å². The Balaban J connectivity index is 1.83. The van der Waals surface area contributed by atoms with E-state index in [-0.39, 0.29) is 11.4 Å². The van der Waals surface area contributed by atoms with Gasteiger partial charge >= 0.3 is 0 Å². The maximum Gasteiger partial charge on any atom is 0.259 e. The number of nitrogens with one attached hydrogen (secondary N) is 1. The maximum atomic E-state index is 14.2. The third kappa shape index (κ3) is 3.05. The molecule has 3 aromatic heterocycles. The smallest absolute Gasteiger partial charge is 0.259 e. The number of furan rings is 1. The second-order valence-corrected chi connectivity index (χ2v) is 6.77. The van der Waals surface area contributed by atoms with Crippen LogP contribution in [0.5, 0.6) is 0 Å². The molecule has 142 valence electrons. The second-order valence-electron chi connectivity index (χ2n) is 6.77. The van der Waals surface area contributed by atoms with E-state index in [4.69, 9.17) is 8.94 Å². The number of anilines is 1. The molecule has 0 aliphatic carbocycles. The average molecular weight is 379 g/mol. The SMILES string of the molecule is Cc1ccc(NC(=O)c2cc(-c3cc(C)oc3C)nc3onc(C)c23)c(F)c1.